The maximum absolute atomic E-state index is 14.2. The number of halogens is 3. The Labute approximate surface area is 194 Å². The molecule has 0 saturated carbocycles. The second-order valence-electron chi connectivity index (χ2n) is 8.65. The van der Waals surface area contributed by atoms with Crippen molar-refractivity contribution in [3.63, 3.8) is 0 Å². The van der Waals surface area contributed by atoms with Gasteiger partial charge in [0.2, 0.25) is 0 Å². The molecule has 0 radical (unpaired) electrons. The average Bonchev–Trinajstić information content (AvgIpc) is 3.20. The minimum absolute atomic E-state index is 0.0791. The topological polar surface area (TPSA) is 91.1 Å². The Balaban J connectivity index is 1.71. The number of benzene rings is 1. The number of hydrogen-bond donors (Lipinski definition) is 1. The molecule has 1 atom stereocenters. The maximum atomic E-state index is 14.2. The van der Waals surface area contributed by atoms with Crippen LogP contribution < -0.4 is 21.9 Å². The van der Waals surface area contributed by atoms with Crippen LogP contribution in [0, 0.1) is 24.4 Å². The van der Waals surface area contributed by atoms with Crippen molar-refractivity contribution >= 4 is 5.82 Å². The number of hydrogen-bond acceptors (Lipinski definition) is 5. The molecule has 2 N–H and O–H groups in total. The molecule has 1 aromatic carbocycles. The van der Waals surface area contributed by atoms with Gasteiger partial charge in [-0.25, -0.2) is 22.9 Å². The first-order valence-corrected chi connectivity index (χ1v) is 11.2. The van der Waals surface area contributed by atoms with E-state index in [0.717, 1.165) is 23.1 Å². The number of aryl methyl sites for hydroxylation is 2. The molecule has 2 aromatic heterocycles. The summed E-state index contributed by atoms with van der Waals surface area (Å²) in [5, 5.41) is 0. The predicted octanol–water partition coefficient (Wildman–Crippen LogP) is 2.00. The molecule has 1 aliphatic heterocycles. The Morgan fingerprint density at radius 2 is 1.82 bits per heavy atom. The minimum atomic E-state index is -1.34. The van der Waals surface area contributed by atoms with Crippen LogP contribution in [0.4, 0.5) is 19.0 Å². The Bertz CT molecular complexity index is 1300. The molecule has 34 heavy (non-hydrogen) atoms. The molecule has 0 spiro atoms. The Morgan fingerprint density at radius 1 is 1.06 bits per heavy atom. The van der Waals surface area contributed by atoms with Crippen LogP contribution in [0.5, 0.6) is 0 Å². The third-order valence-corrected chi connectivity index (χ3v) is 6.16. The van der Waals surface area contributed by atoms with Gasteiger partial charge in [-0.2, -0.15) is 0 Å². The van der Waals surface area contributed by atoms with Gasteiger partial charge in [0.1, 0.15) is 11.6 Å². The quantitative estimate of drug-likeness (QED) is 0.527. The van der Waals surface area contributed by atoms with Gasteiger partial charge >= 0.3 is 5.69 Å². The summed E-state index contributed by atoms with van der Waals surface area (Å²) in [5.41, 5.74) is 5.52. The number of piperidine rings is 1. The third-order valence-electron chi connectivity index (χ3n) is 6.16. The minimum Gasteiger partial charge on any atom is -0.356 e. The van der Waals surface area contributed by atoms with Crippen molar-refractivity contribution in [1.82, 2.24) is 18.7 Å². The fraction of sp³-hybridized carbons (Fsp3) is 0.435. The van der Waals surface area contributed by atoms with Crippen molar-refractivity contribution in [3.8, 4) is 0 Å². The number of nitrogens with zero attached hydrogens (tertiary/aromatic N) is 5. The highest BCUT2D eigenvalue weighted by molar-refractivity contribution is 5.39. The van der Waals surface area contributed by atoms with E-state index in [9.17, 15) is 22.8 Å². The molecule has 3 heterocycles. The highest BCUT2D eigenvalue weighted by atomic mass is 19.2. The van der Waals surface area contributed by atoms with Crippen LogP contribution in [-0.2, 0) is 19.6 Å². The summed E-state index contributed by atoms with van der Waals surface area (Å²) in [6, 6.07) is 2.33. The van der Waals surface area contributed by atoms with E-state index < -0.39 is 35.2 Å². The van der Waals surface area contributed by atoms with Crippen molar-refractivity contribution in [2.75, 3.05) is 18.0 Å². The molecule has 0 aliphatic carbocycles. The molecule has 4 rings (SSSR count). The van der Waals surface area contributed by atoms with Gasteiger partial charge in [0.25, 0.3) is 5.56 Å². The number of rotatable bonds is 7. The number of nitrogens with two attached hydrogens (primary N) is 1. The second-order valence-corrected chi connectivity index (χ2v) is 8.65. The molecule has 182 valence electrons. The van der Waals surface area contributed by atoms with Gasteiger partial charge in [0.15, 0.2) is 11.6 Å². The molecule has 1 aliphatic rings. The molecular formula is C23H27F3N6O2. The Hall–Kier alpha value is -3.34. The lowest BCUT2D eigenvalue weighted by atomic mass is 10.1. The third kappa shape index (κ3) is 4.93. The van der Waals surface area contributed by atoms with Crippen molar-refractivity contribution in [2.24, 2.45) is 5.73 Å². The smallest absolute Gasteiger partial charge is 0.332 e. The molecule has 8 nitrogen and oxygen atoms in total. The molecule has 1 fully saturated rings. The van der Waals surface area contributed by atoms with E-state index in [2.05, 4.69) is 4.98 Å². The predicted molar refractivity (Wildman–Crippen MR) is 121 cm³/mol. The van der Waals surface area contributed by atoms with E-state index in [1.807, 2.05) is 16.4 Å². The second kappa shape index (κ2) is 9.88. The number of aromatic nitrogens is 4. The zero-order valence-electron chi connectivity index (χ0n) is 18.9. The van der Waals surface area contributed by atoms with Gasteiger partial charge in [-0.3, -0.25) is 13.9 Å². The molecule has 3 aromatic rings. The normalized spacial score (nSPS) is 16.3. The largest absolute Gasteiger partial charge is 0.356 e. The van der Waals surface area contributed by atoms with E-state index in [0.29, 0.717) is 44.0 Å². The number of anilines is 1. The van der Waals surface area contributed by atoms with E-state index in [1.54, 1.807) is 12.5 Å². The first-order valence-electron chi connectivity index (χ1n) is 11.2. The summed E-state index contributed by atoms with van der Waals surface area (Å²) in [6.45, 7) is 3.46. The highest BCUT2D eigenvalue weighted by Gasteiger charge is 2.23. The van der Waals surface area contributed by atoms with Crippen molar-refractivity contribution in [2.45, 2.75) is 51.9 Å². The van der Waals surface area contributed by atoms with Crippen LogP contribution in [0.3, 0.4) is 0 Å². The van der Waals surface area contributed by atoms with Gasteiger partial charge < -0.3 is 15.2 Å². The van der Waals surface area contributed by atoms with Gasteiger partial charge in [-0.15, -0.1) is 0 Å². The first-order chi connectivity index (χ1) is 16.2. The van der Waals surface area contributed by atoms with Gasteiger partial charge in [-0.05, 0) is 32.3 Å². The lowest BCUT2D eigenvalue weighted by molar-refractivity contribution is 0.468. The maximum Gasteiger partial charge on any atom is 0.332 e. The summed E-state index contributed by atoms with van der Waals surface area (Å²) in [5.74, 6) is -3.16. The average molecular weight is 477 g/mol. The summed E-state index contributed by atoms with van der Waals surface area (Å²) < 4.78 is 45.5. The summed E-state index contributed by atoms with van der Waals surface area (Å²) >= 11 is 0. The number of imidazole rings is 1. The van der Waals surface area contributed by atoms with E-state index >= 15 is 0 Å². The van der Waals surface area contributed by atoms with Crippen LogP contribution in [0.2, 0.25) is 0 Å². The van der Waals surface area contributed by atoms with Crippen molar-refractivity contribution < 1.29 is 13.2 Å². The molecular weight excluding hydrogens is 449 g/mol. The molecule has 11 heteroatoms. The van der Waals surface area contributed by atoms with Gasteiger partial charge in [0.05, 0.1) is 12.9 Å². The van der Waals surface area contributed by atoms with Crippen LogP contribution >= 0.6 is 0 Å². The van der Waals surface area contributed by atoms with Crippen LogP contribution in [0.15, 0.2) is 40.3 Å². The van der Waals surface area contributed by atoms with Crippen molar-refractivity contribution in [1.29, 1.82) is 0 Å². The van der Waals surface area contributed by atoms with Crippen LogP contribution in [0.1, 0.15) is 30.5 Å². The molecule has 0 bridgehead atoms. The van der Waals surface area contributed by atoms with Gasteiger partial charge in [-0.1, -0.05) is 0 Å². The summed E-state index contributed by atoms with van der Waals surface area (Å²) in [7, 11) is 0. The SMILES string of the molecule is Cc1cncn1CCCn1c(N2CCC[C@@H](N)C2)cc(=O)n(Cc2cc(F)c(F)cc2F)c1=O. The van der Waals surface area contributed by atoms with E-state index in [4.69, 9.17) is 5.73 Å². The summed E-state index contributed by atoms with van der Waals surface area (Å²) in [4.78, 5) is 32.3. The van der Waals surface area contributed by atoms with E-state index in [-0.39, 0.29) is 18.2 Å². The van der Waals surface area contributed by atoms with Gasteiger partial charge in [0, 0.05) is 61.8 Å². The Kier molecular flexibility index (Phi) is 6.92. The highest BCUT2D eigenvalue weighted by Crippen LogP contribution is 2.19. The fourth-order valence-electron chi connectivity index (χ4n) is 4.32. The van der Waals surface area contributed by atoms with E-state index in [1.165, 1.54) is 10.6 Å². The zero-order chi connectivity index (χ0) is 24.4. The Morgan fingerprint density at radius 3 is 2.53 bits per heavy atom. The standard InChI is InChI=1S/C23H27F3N6O2/c1-15-11-28-14-30(15)6-3-7-31-21(29-5-2-4-17(27)13-29)10-22(33)32(23(31)34)12-16-8-19(25)20(26)9-18(16)24/h8-11,14,17H,2-7,12-13,27H2,1H3/t17-/m1/s1. The van der Waals surface area contributed by atoms with Crippen molar-refractivity contribution in [3.05, 3.63) is 80.3 Å². The lowest BCUT2D eigenvalue weighted by Crippen LogP contribution is -2.48. The first kappa shape index (κ1) is 23.8. The fourth-order valence-corrected chi connectivity index (χ4v) is 4.32. The van der Waals surface area contributed by atoms with Crippen LogP contribution in [-0.4, -0.2) is 37.8 Å². The van der Waals surface area contributed by atoms with Crippen LogP contribution in [0.25, 0.3) is 0 Å². The molecule has 1 saturated heterocycles. The lowest BCUT2D eigenvalue weighted by Gasteiger charge is -2.34. The monoisotopic (exact) mass is 476 g/mol. The molecule has 0 unspecified atom stereocenters. The summed E-state index contributed by atoms with van der Waals surface area (Å²) in [6.07, 6.45) is 5.69. The molecule has 0 amide bonds. The zero-order valence-corrected chi connectivity index (χ0v) is 18.9.